The van der Waals surface area contributed by atoms with Crippen molar-refractivity contribution >= 4 is 27.5 Å². The number of nitrogens with one attached hydrogen (secondary N) is 1. The Morgan fingerprint density at radius 2 is 1.68 bits per heavy atom. The molecular weight excluding hydrogens is 476 g/mol. The second kappa shape index (κ2) is 11.4. The van der Waals surface area contributed by atoms with Crippen LogP contribution in [0.3, 0.4) is 0 Å². The number of benzene rings is 3. The Morgan fingerprint density at radius 3 is 2.26 bits per heavy atom. The van der Waals surface area contributed by atoms with E-state index in [1.165, 1.54) is 25.3 Å². The maximum absolute atomic E-state index is 13.5. The molecule has 0 saturated carbocycles. The summed E-state index contributed by atoms with van der Waals surface area (Å²) >= 11 is 6.17. The molecule has 0 saturated heterocycles. The van der Waals surface area contributed by atoms with Crippen molar-refractivity contribution in [1.82, 2.24) is 9.62 Å². The number of methoxy groups -OCH3 is 2. The lowest BCUT2D eigenvalue weighted by atomic mass is 10.1. The van der Waals surface area contributed by atoms with Crippen molar-refractivity contribution in [2.75, 3.05) is 20.8 Å². The molecule has 0 aliphatic heterocycles. The molecule has 0 bridgehead atoms. The van der Waals surface area contributed by atoms with E-state index in [1.54, 1.807) is 31.4 Å². The van der Waals surface area contributed by atoms with Crippen molar-refractivity contribution in [3.63, 3.8) is 0 Å². The number of amides is 1. The van der Waals surface area contributed by atoms with Gasteiger partial charge in [0, 0.05) is 6.54 Å². The summed E-state index contributed by atoms with van der Waals surface area (Å²) in [6.45, 7) is 1.50. The normalized spacial score (nSPS) is 12.3. The summed E-state index contributed by atoms with van der Waals surface area (Å²) in [7, 11) is -1.00. The van der Waals surface area contributed by atoms with Crippen LogP contribution in [-0.2, 0) is 21.4 Å². The van der Waals surface area contributed by atoms with Crippen LogP contribution in [-0.4, -0.2) is 39.4 Å². The number of hydrogen-bond donors (Lipinski definition) is 1. The van der Waals surface area contributed by atoms with Crippen LogP contribution in [0.4, 0.5) is 0 Å². The van der Waals surface area contributed by atoms with Crippen LogP contribution in [0.2, 0.25) is 5.02 Å². The molecule has 0 heterocycles. The molecule has 3 rings (SSSR count). The second-order valence-corrected chi connectivity index (χ2v) is 9.96. The van der Waals surface area contributed by atoms with Gasteiger partial charge in [0.15, 0.2) is 0 Å². The fourth-order valence-electron chi connectivity index (χ4n) is 3.39. The summed E-state index contributed by atoms with van der Waals surface area (Å²) in [6.07, 6.45) is 0. The summed E-state index contributed by atoms with van der Waals surface area (Å²) in [5, 5.41) is 3.04. The minimum Gasteiger partial charge on any atom is -0.497 e. The molecular formula is C25H27ClN2O5S. The number of rotatable bonds is 10. The molecule has 34 heavy (non-hydrogen) atoms. The molecule has 3 aromatic carbocycles. The number of halogens is 1. The summed E-state index contributed by atoms with van der Waals surface area (Å²) in [5.74, 6) is 0.643. The number of hydrogen-bond acceptors (Lipinski definition) is 5. The van der Waals surface area contributed by atoms with Crippen LogP contribution in [0.25, 0.3) is 0 Å². The molecule has 0 aromatic heterocycles. The average Bonchev–Trinajstić information content (AvgIpc) is 2.84. The van der Waals surface area contributed by atoms with Gasteiger partial charge >= 0.3 is 0 Å². The predicted octanol–water partition coefficient (Wildman–Crippen LogP) is 4.43. The van der Waals surface area contributed by atoms with E-state index in [4.69, 9.17) is 21.1 Å². The Kier molecular flexibility index (Phi) is 8.55. The highest BCUT2D eigenvalue weighted by atomic mass is 35.5. The van der Waals surface area contributed by atoms with Crippen molar-refractivity contribution in [3.05, 3.63) is 88.9 Å². The van der Waals surface area contributed by atoms with E-state index in [9.17, 15) is 13.2 Å². The maximum Gasteiger partial charge on any atom is 0.243 e. The van der Waals surface area contributed by atoms with Crippen LogP contribution < -0.4 is 14.8 Å². The van der Waals surface area contributed by atoms with Crippen molar-refractivity contribution in [3.8, 4) is 11.5 Å². The van der Waals surface area contributed by atoms with Crippen molar-refractivity contribution < 1.29 is 22.7 Å². The number of nitrogens with zero attached hydrogens (tertiary/aromatic N) is 1. The number of carbonyl (C=O) groups is 1. The Bertz CT molecular complexity index is 1220. The SMILES string of the molecule is COc1ccc(C(C)NC(=O)CN(Cc2ccccc2)S(=O)(=O)c2ccc(OC)c(Cl)c2)cc1. The highest BCUT2D eigenvalue weighted by molar-refractivity contribution is 7.89. The molecule has 1 N–H and O–H groups in total. The van der Waals surface area contributed by atoms with Gasteiger partial charge in [-0.2, -0.15) is 4.31 Å². The van der Waals surface area contributed by atoms with Crippen molar-refractivity contribution in [1.29, 1.82) is 0 Å². The predicted molar refractivity (Wildman–Crippen MR) is 132 cm³/mol. The van der Waals surface area contributed by atoms with E-state index in [0.29, 0.717) is 11.5 Å². The molecule has 0 aliphatic rings. The summed E-state index contributed by atoms with van der Waals surface area (Å²) in [4.78, 5) is 12.9. The average molecular weight is 503 g/mol. The van der Waals surface area contributed by atoms with Gasteiger partial charge in [-0.3, -0.25) is 4.79 Å². The highest BCUT2D eigenvalue weighted by Gasteiger charge is 2.28. The highest BCUT2D eigenvalue weighted by Crippen LogP contribution is 2.29. The molecule has 0 fully saturated rings. The first-order valence-electron chi connectivity index (χ1n) is 10.6. The van der Waals surface area contributed by atoms with E-state index in [2.05, 4.69) is 5.32 Å². The molecule has 3 aromatic rings. The molecule has 1 unspecified atom stereocenters. The topological polar surface area (TPSA) is 84.9 Å². The Morgan fingerprint density at radius 1 is 1.00 bits per heavy atom. The van der Waals surface area contributed by atoms with Gasteiger partial charge in [-0.15, -0.1) is 0 Å². The van der Waals surface area contributed by atoms with Gasteiger partial charge in [0.2, 0.25) is 15.9 Å². The second-order valence-electron chi connectivity index (χ2n) is 7.62. The standard InChI is InChI=1S/C25H27ClN2O5S/c1-18(20-9-11-21(32-2)12-10-20)27-25(29)17-28(16-19-7-5-4-6-8-19)34(30,31)22-13-14-24(33-3)23(26)15-22/h4-15,18H,16-17H2,1-3H3,(H,27,29). The first-order valence-corrected chi connectivity index (χ1v) is 12.4. The molecule has 1 atom stereocenters. The van der Waals surface area contributed by atoms with E-state index < -0.39 is 15.9 Å². The smallest absolute Gasteiger partial charge is 0.243 e. The van der Waals surface area contributed by atoms with Crippen LogP contribution >= 0.6 is 11.6 Å². The van der Waals surface area contributed by atoms with Crippen LogP contribution in [0.1, 0.15) is 24.1 Å². The Balaban J connectivity index is 1.83. The Labute approximate surface area is 205 Å². The first-order chi connectivity index (χ1) is 16.2. The summed E-state index contributed by atoms with van der Waals surface area (Å²) < 4.78 is 38.4. The number of carbonyl (C=O) groups excluding carboxylic acids is 1. The zero-order chi connectivity index (χ0) is 24.7. The molecule has 1 amide bonds. The fourth-order valence-corrected chi connectivity index (χ4v) is 5.13. The quantitative estimate of drug-likeness (QED) is 0.443. The molecule has 0 spiro atoms. The lowest BCUT2D eigenvalue weighted by Gasteiger charge is -2.23. The molecule has 0 aliphatic carbocycles. The Hall–Kier alpha value is -3.07. The summed E-state index contributed by atoms with van der Waals surface area (Å²) in [6, 6.07) is 20.3. The van der Waals surface area contributed by atoms with Crippen molar-refractivity contribution in [2.45, 2.75) is 24.4 Å². The van der Waals surface area contributed by atoms with Crippen LogP contribution in [0, 0.1) is 0 Å². The zero-order valence-corrected chi connectivity index (χ0v) is 20.8. The maximum atomic E-state index is 13.5. The van der Waals surface area contributed by atoms with E-state index in [-0.39, 0.29) is 29.0 Å². The van der Waals surface area contributed by atoms with Crippen LogP contribution in [0.5, 0.6) is 11.5 Å². The monoisotopic (exact) mass is 502 g/mol. The van der Waals surface area contributed by atoms with Crippen molar-refractivity contribution in [2.24, 2.45) is 0 Å². The lowest BCUT2D eigenvalue weighted by molar-refractivity contribution is -0.122. The minimum absolute atomic E-state index is 0.0229. The van der Waals surface area contributed by atoms with Gasteiger partial charge in [0.25, 0.3) is 0 Å². The third-order valence-electron chi connectivity index (χ3n) is 5.28. The van der Waals surface area contributed by atoms with Gasteiger partial charge in [-0.05, 0) is 48.4 Å². The fraction of sp³-hybridized carbons (Fsp3) is 0.240. The number of ether oxygens (including phenoxy) is 2. The minimum atomic E-state index is -4.04. The van der Waals surface area contributed by atoms with Gasteiger partial charge in [-0.1, -0.05) is 54.1 Å². The van der Waals surface area contributed by atoms with Gasteiger partial charge in [0.05, 0.1) is 36.7 Å². The van der Waals surface area contributed by atoms with Gasteiger partial charge in [0.1, 0.15) is 11.5 Å². The van der Waals surface area contributed by atoms with E-state index >= 15 is 0 Å². The van der Waals surface area contributed by atoms with Gasteiger partial charge < -0.3 is 14.8 Å². The molecule has 7 nitrogen and oxygen atoms in total. The number of sulfonamides is 1. The largest absolute Gasteiger partial charge is 0.497 e. The zero-order valence-electron chi connectivity index (χ0n) is 19.2. The molecule has 0 radical (unpaired) electrons. The van der Waals surface area contributed by atoms with Gasteiger partial charge in [-0.25, -0.2) is 8.42 Å². The van der Waals surface area contributed by atoms with Crippen LogP contribution in [0.15, 0.2) is 77.7 Å². The molecule has 9 heteroatoms. The molecule has 180 valence electrons. The van der Waals surface area contributed by atoms with E-state index in [1.807, 2.05) is 37.3 Å². The summed E-state index contributed by atoms with van der Waals surface area (Å²) in [5.41, 5.74) is 1.62. The third-order valence-corrected chi connectivity index (χ3v) is 7.36. The lowest BCUT2D eigenvalue weighted by Crippen LogP contribution is -2.41. The van der Waals surface area contributed by atoms with E-state index in [0.717, 1.165) is 15.4 Å². The first kappa shape index (κ1) is 25.6. The third kappa shape index (κ3) is 6.28.